The normalized spacial score (nSPS) is 27.8. The highest BCUT2D eigenvalue weighted by atomic mass is 16.2. The lowest BCUT2D eigenvalue weighted by Crippen LogP contribution is -2.50. The summed E-state index contributed by atoms with van der Waals surface area (Å²) in [5.74, 6) is 1.51. The van der Waals surface area contributed by atoms with Crippen LogP contribution < -0.4 is 11.1 Å². The van der Waals surface area contributed by atoms with Crippen LogP contribution in [0, 0.1) is 11.8 Å². The Labute approximate surface area is 118 Å². The Morgan fingerprint density at radius 2 is 1.95 bits per heavy atom. The number of nitrogens with zero attached hydrogens (tertiary/aromatic N) is 1. The Kier molecular flexibility index (Phi) is 6.80. The topological polar surface area (TPSA) is 58.4 Å². The van der Waals surface area contributed by atoms with Crippen LogP contribution in [0.1, 0.15) is 47.0 Å². The summed E-state index contributed by atoms with van der Waals surface area (Å²) in [5, 5.41) is 3.04. The molecule has 1 aliphatic rings. The van der Waals surface area contributed by atoms with Gasteiger partial charge in [0.25, 0.3) is 0 Å². The predicted molar refractivity (Wildman–Crippen MR) is 79.9 cm³/mol. The molecule has 1 rings (SSSR count). The third kappa shape index (κ3) is 5.91. The molecule has 19 heavy (non-hydrogen) atoms. The zero-order chi connectivity index (χ0) is 14.4. The van der Waals surface area contributed by atoms with Crippen LogP contribution in [0.2, 0.25) is 0 Å². The zero-order valence-electron chi connectivity index (χ0n) is 13.0. The summed E-state index contributed by atoms with van der Waals surface area (Å²) < 4.78 is 0. The van der Waals surface area contributed by atoms with Gasteiger partial charge < -0.3 is 16.0 Å². The van der Waals surface area contributed by atoms with Crippen molar-refractivity contribution in [3.05, 3.63) is 0 Å². The fourth-order valence-corrected chi connectivity index (χ4v) is 3.17. The van der Waals surface area contributed by atoms with Crippen LogP contribution in [0.25, 0.3) is 0 Å². The Morgan fingerprint density at radius 1 is 1.37 bits per heavy atom. The van der Waals surface area contributed by atoms with Gasteiger partial charge in [0.15, 0.2) is 0 Å². The van der Waals surface area contributed by atoms with Gasteiger partial charge in [0.2, 0.25) is 5.91 Å². The molecule has 0 aromatic heterocycles. The highest BCUT2D eigenvalue weighted by Crippen LogP contribution is 2.20. The molecule has 0 spiro atoms. The number of carbonyl (C=O) groups excluding carboxylic acids is 1. The molecule has 4 nitrogen and oxygen atoms in total. The van der Waals surface area contributed by atoms with Crippen LogP contribution in [0.3, 0.4) is 0 Å². The quantitative estimate of drug-likeness (QED) is 0.770. The number of nitrogens with two attached hydrogens (primary N) is 1. The van der Waals surface area contributed by atoms with Crippen molar-refractivity contribution in [1.29, 1.82) is 0 Å². The fourth-order valence-electron chi connectivity index (χ4n) is 3.17. The molecular weight excluding hydrogens is 238 g/mol. The second-order valence-corrected chi connectivity index (χ2v) is 6.47. The SMILES string of the molecule is CCCC(N)C(=O)NC(C)CN1CC(C)CC(C)C1. The van der Waals surface area contributed by atoms with Gasteiger partial charge in [-0.3, -0.25) is 4.79 Å². The molecular formula is C15H31N3O. The Balaban J connectivity index is 2.34. The molecule has 3 N–H and O–H groups in total. The van der Waals surface area contributed by atoms with E-state index in [2.05, 4.69) is 31.0 Å². The number of rotatable bonds is 6. The maximum absolute atomic E-state index is 11.9. The van der Waals surface area contributed by atoms with Gasteiger partial charge in [-0.25, -0.2) is 0 Å². The summed E-state index contributed by atoms with van der Waals surface area (Å²) in [7, 11) is 0. The van der Waals surface area contributed by atoms with E-state index in [-0.39, 0.29) is 18.0 Å². The van der Waals surface area contributed by atoms with Crippen molar-refractivity contribution in [3.63, 3.8) is 0 Å². The average molecular weight is 269 g/mol. The van der Waals surface area contributed by atoms with Gasteiger partial charge in [-0.15, -0.1) is 0 Å². The molecule has 1 saturated heterocycles. The lowest BCUT2D eigenvalue weighted by Gasteiger charge is -2.36. The van der Waals surface area contributed by atoms with Gasteiger partial charge in [-0.2, -0.15) is 0 Å². The lowest BCUT2D eigenvalue weighted by atomic mass is 9.92. The minimum absolute atomic E-state index is 0.00698. The van der Waals surface area contributed by atoms with E-state index in [0.29, 0.717) is 0 Å². The van der Waals surface area contributed by atoms with Gasteiger partial charge in [0.05, 0.1) is 6.04 Å². The first-order valence-electron chi connectivity index (χ1n) is 7.70. The number of hydrogen-bond donors (Lipinski definition) is 2. The van der Waals surface area contributed by atoms with Crippen molar-refractivity contribution in [2.24, 2.45) is 17.6 Å². The van der Waals surface area contributed by atoms with E-state index >= 15 is 0 Å². The first-order valence-corrected chi connectivity index (χ1v) is 7.70. The van der Waals surface area contributed by atoms with Crippen molar-refractivity contribution >= 4 is 5.91 Å². The minimum Gasteiger partial charge on any atom is -0.351 e. The molecule has 1 heterocycles. The van der Waals surface area contributed by atoms with E-state index in [0.717, 1.165) is 44.3 Å². The van der Waals surface area contributed by atoms with Gasteiger partial charge in [-0.1, -0.05) is 27.2 Å². The maximum Gasteiger partial charge on any atom is 0.237 e. The number of piperidine rings is 1. The second-order valence-electron chi connectivity index (χ2n) is 6.47. The summed E-state index contributed by atoms with van der Waals surface area (Å²) in [6.07, 6.45) is 3.03. The molecule has 0 bridgehead atoms. The van der Waals surface area contributed by atoms with Gasteiger partial charge in [-0.05, 0) is 31.6 Å². The molecule has 0 aromatic rings. The number of nitrogens with one attached hydrogen (secondary N) is 1. The number of amides is 1. The summed E-state index contributed by atoms with van der Waals surface area (Å²) >= 11 is 0. The molecule has 0 aliphatic carbocycles. The highest BCUT2D eigenvalue weighted by molar-refractivity contribution is 5.81. The summed E-state index contributed by atoms with van der Waals surface area (Å²) in [4.78, 5) is 14.3. The Bertz CT molecular complexity index is 273. The Morgan fingerprint density at radius 3 is 2.47 bits per heavy atom. The van der Waals surface area contributed by atoms with E-state index in [1.165, 1.54) is 6.42 Å². The molecule has 112 valence electrons. The van der Waals surface area contributed by atoms with Crippen LogP contribution in [0.5, 0.6) is 0 Å². The molecule has 1 amide bonds. The summed E-state index contributed by atoms with van der Waals surface area (Å²) in [5.41, 5.74) is 5.83. The molecule has 1 aliphatic heterocycles. The number of hydrogen-bond acceptors (Lipinski definition) is 3. The average Bonchev–Trinajstić information content (AvgIpc) is 2.27. The monoisotopic (exact) mass is 269 g/mol. The number of likely N-dealkylation sites (tertiary alicyclic amines) is 1. The van der Waals surface area contributed by atoms with Gasteiger partial charge >= 0.3 is 0 Å². The lowest BCUT2D eigenvalue weighted by molar-refractivity contribution is -0.123. The van der Waals surface area contributed by atoms with E-state index in [9.17, 15) is 4.79 Å². The molecule has 4 heteroatoms. The molecule has 4 atom stereocenters. The van der Waals surface area contributed by atoms with Crippen molar-refractivity contribution in [1.82, 2.24) is 10.2 Å². The van der Waals surface area contributed by atoms with Crippen LogP contribution in [-0.2, 0) is 4.79 Å². The molecule has 4 unspecified atom stereocenters. The van der Waals surface area contributed by atoms with Crippen molar-refractivity contribution in [3.8, 4) is 0 Å². The van der Waals surface area contributed by atoms with E-state index in [1.807, 2.05) is 6.92 Å². The van der Waals surface area contributed by atoms with E-state index in [1.54, 1.807) is 0 Å². The van der Waals surface area contributed by atoms with Crippen LogP contribution in [0.15, 0.2) is 0 Å². The third-order valence-electron chi connectivity index (χ3n) is 3.80. The first-order chi connectivity index (χ1) is 8.92. The molecule has 0 aromatic carbocycles. The third-order valence-corrected chi connectivity index (χ3v) is 3.80. The predicted octanol–water partition coefficient (Wildman–Crippen LogP) is 1.60. The van der Waals surface area contributed by atoms with E-state index in [4.69, 9.17) is 5.73 Å². The van der Waals surface area contributed by atoms with Crippen LogP contribution >= 0.6 is 0 Å². The molecule has 0 saturated carbocycles. The second kappa shape index (κ2) is 7.85. The summed E-state index contributed by atoms with van der Waals surface area (Å²) in [6.45, 7) is 12.0. The van der Waals surface area contributed by atoms with Gasteiger partial charge in [0, 0.05) is 25.7 Å². The first kappa shape index (κ1) is 16.4. The maximum atomic E-state index is 11.9. The number of carbonyl (C=O) groups is 1. The standard InChI is InChI=1S/C15H31N3O/c1-5-6-14(16)15(19)17-13(4)10-18-8-11(2)7-12(3)9-18/h11-14H,5-10,16H2,1-4H3,(H,17,19). The zero-order valence-corrected chi connectivity index (χ0v) is 13.0. The minimum atomic E-state index is -0.355. The van der Waals surface area contributed by atoms with Crippen LogP contribution in [-0.4, -0.2) is 42.5 Å². The van der Waals surface area contributed by atoms with Crippen LogP contribution in [0.4, 0.5) is 0 Å². The summed E-state index contributed by atoms with van der Waals surface area (Å²) in [6, 6.07) is -0.181. The fraction of sp³-hybridized carbons (Fsp3) is 0.933. The highest BCUT2D eigenvalue weighted by Gasteiger charge is 2.23. The Hall–Kier alpha value is -0.610. The van der Waals surface area contributed by atoms with E-state index < -0.39 is 0 Å². The molecule has 0 radical (unpaired) electrons. The molecule has 1 fully saturated rings. The van der Waals surface area contributed by atoms with Crippen molar-refractivity contribution in [2.75, 3.05) is 19.6 Å². The van der Waals surface area contributed by atoms with Crippen molar-refractivity contribution in [2.45, 2.75) is 59.0 Å². The van der Waals surface area contributed by atoms with Crippen molar-refractivity contribution < 1.29 is 4.79 Å². The largest absolute Gasteiger partial charge is 0.351 e. The van der Waals surface area contributed by atoms with Gasteiger partial charge in [0.1, 0.15) is 0 Å². The smallest absolute Gasteiger partial charge is 0.237 e.